The molecule has 28 heavy (non-hydrogen) atoms. The molecule has 0 heterocycles. The number of phenolic OH excluding ortho intramolecular Hbond substituents is 1. The number of carboxylic acid groups (broad SMARTS) is 1. The molecule has 0 aromatic heterocycles. The van der Waals surface area contributed by atoms with Crippen LogP contribution in [-0.4, -0.2) is 16.2 Å². The Morgan fingerprint density at radius 3 is 1.50 bits per heavy atom. The second-order valence-corrected chi connectivity index (χ2v) is 7.27. The quantitative estimate of drug-likeness (QED) is 0.551. The van der Waals surface area contributed by atoms with Crippen LogP contribution in [0.1, 0.15) is 83.8 Å². The van der Waals surface area contributed by atoms with Crippen molar-refractivity contribution in [3.63, 3.8) is 0 Å². The fourth-order valence-electron chi connectivity index (χ4n) is 2.23. The minimum Gasteiger partial charge on any atom is -0.508 e. The zero-order valence-corrected chi connectivity index (χ0v) is 18.4. The first kappa shape index (κ1) is 25.7. The van der Waals surface area contributed by atoms with Crippen LogP contribution in [0.5, 0.6) is 5.75 Å². The van der Waals surface area contributed by atoms with Gasteiger partial charge < -0.3 is 10.2 Å². The van der Waals surface area contributed by atoms with E-state index >= 15 is 0 Å². The van der Waals surface area contributed by atoms with Gasteiger partial charge >= 0.3 is 5.97 Å². The molecular formula is C25H38O3. The van der Waals surface area contributed by atoms with Gasteiger partial charge in [0.25, 0.3) is 0 Å². The van der Waals surface area contributed by atoms with Gasteiger partial charge in [0.1, 0.15) is 5.75 Å². The highest BCUT2D eigenvalue weighted by molar-refractivity contribution is 5.69. The smallest absolute Gasteiger partial charge is 0.306 e. The van der Waals surface area contributed by atoms with Crippen LogP contribution in [-0.2, 0) is 4.79 Å². The molecule has 2 aromatic rings. The van der Waals surface area contributed by atoms with Crippen molar-refractivity contribution in [2.75, 3.05) is 0 Å². The molecule has 0 aliphatic heterocycles. The summed E-state index contributed by atoms with van der Waals surface area (Å²) in [6.07, 6.45) is 3.09. The van der Waals surface area contributed by atoms with Crippen LogP contribution in [0.3, 0.4) is 0 Å². The Bertz CT molecular complexity index is 635. The maximum atomic E-state index is 9.93. The number of benzene rings is 2. The predicted octanol–water partition coefficient (Wildman–Crippen LogP) is 7.22. The average molecular weight is 387 g/mol. The van der Waals surface area contributed by atoms with Gasteiger partial charge in [0.15, 0.2) is 0 Å². The zero-order chi connectivity index (χ0) is 21.5. The monoisotopic (exact) mass is 386 g/mol. The molecule has 0 bridgehead atoms. The van der Waals surface area contributed by atoms with Crippen molar-refractivity contribution in [1.29, 1.82) is 0 Å². The lowest BCUT2D eigenvalue weighted by Gasteiger charge is -2.07. The molecule has 2 aromatic carbocycles. The molecule has 0 fully saturated rings. The summed E-state index contributed by atoms with van der Waals surface area (Å²) in [6, 6.07) is 18.1. The van der Waals surface area contributed by atoms with Crippen molar-refractivity contribution in [2.45, 2.75) is 72.6 Å². The van der Waals surface area contributed by atoms with Crippen LogP contribution in [0.25, 0.3) is 0 Å². The summed E-state index contributed by atoms with van der Waals surface area (Å²) in [5.41, 5.74) is 2.75. The molecule has 3 atom stereocenters. The fraction of sp³-hybridized carbons (Fsp3) is 0.480. The van der Waals surface area contributed by atoms with E-state index in [-0.39, 0.29) is 5.92 Å². The van der Waals surface area contributed by atoms with Crippen molar-refractivity contribution < 1.29 is 15.0 Å². The maximum absolute atomic E-state index is 9.93. The molecule has 0 saturated heterocycles. The molecule has 0 aliphatic rings. The first-order chi connectivity index (χ1) is 13.3. The molecule has 2 N–H and O–H groups in total. The van der Waals surface area contributed by atoms with Gasteiger partial charge in [0.2, 0.25) is 0 Å². The van der Waals surface area contributed by atoms with E-state index in [2.05, 4.69) is 58.0 Å². The largest absolute Gasteiger partial charge is 0.508 e. The van der Waals surface area contributed by atoms with Gasteiger partial charge in [-0.3, -0.25) is 4.79 Å². The van der Waals surface area contributed by atoms with E-state index < -0.39 is 5.97 Å². The van der Waals surface area contributed by atoms with Crippen LogP contribution in [0.15, 0.2) is 54.6 Å². The van der Waals surface area contributed by atoms with Gasteiger partial charge in [-0.2, -0.15) is 0 Å². The van der Waals surface area contributed by atoms with Crippen molar-refractivity contribution in [3.05, 3.63) is 65.7 Å². The molecule has 0 radical (unpaired) electrons. The fourth-order valence-corrected chi connectivity index (χ4v) is 2.23. The summed E-state index contributed by atoms with van der Waals surface area (Å²) in [7, 11) is 0. The number of phenols is 1. The van der Waals surface area contributed by atoms with Gasteiger partial charge in [0.05, 0.1) is 5.92 Å². The topological polar surface area (TPSA) is 57.5 Å². The normalized spacial score (nSPS) is 13.1. The molecule has 3 heteroatoms. The third-order valence-corrected chi connectivity index (χ3v) is 5.09. The summed E-state index contributed by atoms with van der Waals surface area (Å²) in [5, 5.41) is 17.2. The van der Waals surface area contributed by atoms with Gasteiger partial charge in [-0.05, 0) is 54.4 Å². The van der Waals surface area contributed by atoms with Crippen LogP contribution >= 0.6 is 0 Å². The highest BCUT2D eigenvalue weighted by atomic mass is 16.4. The van der Waals surface area contributed by atoms with Crippen LogP contribution < -0.4 is 0 Å². The second-order valence-electron chi connectivity index (χ2n) is 7.27. The molecule has 156 valence electrons. The lowest BCUT2D eigenvalue weighted by atomic mass is 9.99. The first-order valence-corrected chi connectivity index (χ1v) is 10.3. The average Bonchev–Trinajstić information content (AvgIpc) is 2.74. The van der Waals surface area contributed by atoms with E-state index in [4.69, 9.17) is 10.2 Å². The third kappa shape index (κ3) is 10.8. The molecule has 0 spiro atoms. The molecule has 0 saturated carbocycles. The van der Waals surface area contributed by atoms with Gasteiger partial charge in [0, 0.05) is 0 Å². The molecule has 0 aliphatic carbocycles. The van der Waals surface area contributed by atoms with Crippen LogP contribution in [0, 0.1) is 5.92 Å². The van der Waals surface area contributed by atoms with E-state index in [1.54, 1.807) is 19.1 Å². The Morgan fingerprint density at radius 2 is 1.18 bits per heavy atom. The maximum Gasteiger partial charge on any atom is 0.306 e. The summed E-state index contributed by atoms with van der Waals surface area (Å²) >= 11 is 0. The molecule has 3 nitrogen and oxygen atoms in total. The van der Waals surface area contributed by atoms with Gasteiger partial charge in [-0.25, -0.2) is 0 Å². The lowest BCUT2D eigenvalue weighted by molar-refractivity contribution is -0.141. The number of carboxylic acids is 1. The van der Waals surface area contributed by atoms with Crippen molar-refractivity contribution in [2.24, 2.45) is 5.92 Å². The number of aliphatic carboxylic acids is 1. The number of hydrogen-bond donors (Lipinski definition) is 2. The number of hydrogen-bond acceptors (Lipinski definition) is 2. The number of rotatable bonds is 6. The van der Waals surface area contributed by atoms with Crippen molar-refractivity contribution in [3.8, 4) is 5.75 Å². The zero-order valence-electron chi connectivity index (χ0n) is 18.4. The third-order valence-electron chi connectivity index (χ3n) is 5.09. The standard InChI is InChI=1S/C10H14O.C10H14.C5H10O2/c1-3-8(2)9-4-6-10(11)7-5-9;1-3-9(2)10-7-5-4-6-8-10;1-3-4(2)5(6)7/h4-8,11H,3H2,1-2H3;4-9H,3H2,1-2H3;4H,3H2,1-2H3,(H,6,7). The Morgan fingerprint density at radius 1 is 0.750 bits per heavy atom. The number of aromatic hydroxyl groups is 1. The Labute approximate surface area is 171 Å². The SMILES string of the molecule is CCC(C)C(=O)O.CCC(C)c1ccc(O)cc1.CCC(C)c1ccccc1. The van der Waals surface area contributed by atoms with E-state index in [0.717, 1.165) is 12.8 Å². The predicted molar refractivity (Wildman–Crippen MR) is 119 cm³/mol. The Hall–Kier alpha value is -2.29. The van der Waals surface area contributed by atoms with Crippen molar-refractivity contribution in [1.82, 2.24) is 0 Å². The minimum atomic E-state index is -0.706. The van der Waals surface area contributed by atoms with Crippen LogP contribution in [0.2, 0.25) is 0 Å². The van der Waals surface area contributed by atoms with Crippen LogP contribution in [0.4, 0.5) is 0 Å². The summed E-state index contributed by atoms with van der Waals surface area (Å²) in [6.45, 7) is 12.4. The van der Waals surface area contributed by atoms with E-state index in [1.165, 1.54) is 17.5 Å². The van der Waals surface area contributed by atoms with Gasteiger partial charge in [-0.15, -0.1) is 0 Å². The molecule has 3 unspecified atom stereocenters. The highest BCUT2D eigenvalue weighted by Gasteiger charge is 2.05. The van der Waals surface area contributed by atoms with Crippen molar-refractivity contribution >= 4 is 5.97 Å². The lowest BCUT2D eigenvalue weighted by Crippen LogP contribution is -2.06. The molecule has 0 amide bonds. The summed E-state index contributed by atoms with van der Waals surface area (Å²) < 4.78 is 0. The summed E-state index contributed by atoms with van der Waals surface area (Å²) in [5.74, 6) is 0.761. The number of carbonyl (C=O) groups is 1. The van der Waals surface area contributed by atoms with E-state index in [9.17, 15) is 4.79 Å². The second kappa shape index (κ2) is 14.7. The summed E-state index contributed by atoms with van der Waals surface area (Å²) in [4.78, 5) is 9.93. The highest BCUT2D eigenvalue weighted by Crippen LogP contribution is 2.20. The molecular weight excluding hydrogens is 348 g/mol. The first-order valence-electron chi connectivity index (χ1n) is 10.3. The Balaban J connectivity index is 0.000000402. The molecule has 2 rings (SSSR count). The van der Waals surface area contributed by atoms with E-state index in [0.29, 0.717) is 17.6 Å². The van der Waals surface area contributed by atoms with Gasteiger partial charge in [-0.1, -0.05) is 84.0 Å². The minimum absolute atomic E-state index is 0.181. The van der Waals surface area contributed by atoms with E-state index in [1.807, 2.05) is 19.1 Å². The Kier molecular flexibility index (Phi) is 13.5.